The number of rotatable bonds is 2. The second-order valence-corrected chi connectivity index (χ2v) is 6.48. The molecule has 96 valence electrons. The van der Waals surface area contributed by atoms with Crippen LogP contribution in [0.5, 0.6) is 0 Å². The predicted octanol–water partition coefficient (Wildman–Crippen LogP) is 5.33. The average molecular weight is 401 g/mol. The SMILES string of the molecule is Clc1ccc(Cc2nc3c(Br)cc(Br)cc3[nH]2)cc1. The summed E-state index contributed by atoms with van der Waals surface area (Å²) in [6.45, 7) is 0. The molecule has 0 unspecified atom stereocenters. The molecular weight excluding hydrogens is 391 g/mol. The second kappa shape index (κ2) is 5.27. The van der Waals surface area contributed by atoms with Crippen LogP contribution in [0.3, 0.4) is 0 Å². The van der Waals surface area contributed by atoms with Gasteiger partial charge in [0.25, 0.3) is 0 Å². The minimum Gasteiger partial charge on any atom is -0.342 e. The van der Waals surface area contributed by atoms with Crippen LogP contribution in [-0.2, 0) is 6.42 Å². The van der Waals surface area contributed by atoms with E-state index in [1.54, 1.807) is 0 Å². The van der Waals surface area contributed by atoms with Crippen molar-refractivity contribution in [2.45, 2.75) is 6.42 Å². The van der Waals surface area contributed by atoms with E-state index in [1.807, 2.05) is 36.4 Å². The van der Waals surface area contributed by atoms with E-state index in [1.165, 1.54) is 5.56 Å². The first-order chi connectivity index (χ1) is 9.11. The number of hydrogen-bond acceptors (Lipinski definition) is 1. The smallest absolute Gasteiger partial charge is 0.111 e. The molecule has 2 aromatic carbocycles. The van der Waals surface area contributed by atoms with Crippen LogP contribution in [-0.4, -0.2) is 9.97 Å². The molecule has 1 heterocycles. The number of imidazole rings is 1. The lowest BCUT2D eigenvalue weighted by Gasteiger charge is -1.97. The number of aromatic nitrogens is 2. The largest absolute Gasteiger partial charge is 0.342 e. The summed E-state index contributed by atoms with van der Waals surface area (Å²) in [4.78, 5) is 7.95. The number of aromatic amines is 1. The fraction of sp³-hybridized carbons (Fsp3) is 0.0714. The monoisotopic (exact) mass is 398 g/mol. The molecule has 0 saturated heterocycles. The Labute approximate surface area is 132 Å². The molecule has 2 nitrogen and oxygen atoms in total. The van der Waals surface area contributed by atoms with Crippen molar-refractivity contribution in [1.29, 1.82) is 0 Å². The number of fused-ring (bicyclic) bond motifs is 1. The fourth-order valence-electron chi connectivity index (χ4n) is 1.97. The van der Waals surface area contributed by atoms with Crippen molar-refractivity contribution >= 4 is 54.5 Å². The first-order valence-corrected chi connectivity index (χ1v) is 7.66. The van der Waals surface area contributed by atoms with E-state index < -0.39 is 0 Å². The van der Waals surface area contributed by atoms with Crippen molar-refractivity contribution in [3.8, 4) is 0 Å². The molecule has 0 saturated carbocycles. The Kier molecular flexibility index (Phi) is 3.65. The van der Waals surface area contributed by atoms with Crippen LogP contribution < -0.4 is 0 Å². The first-order valence-electron chi connectivity index (χ1n) is 5.70. The molecule has 0 spiro atoms. The molecule has 0 radical (unpaired) electrons. The minimum atomic E-state index is 0.750. The van der Waals surface area contributed by atoms with Gasteiger partial charge in [-0.1, -0.05) is 39.7 Å². The molecular formula is C14H9Br2ClN2. The lowest BCUT2D eigenvalue weighted by atomic mass is 10.1. The molecule has 0 aliphatic carbocycles. The Morgan fingerprint density at radius 1 is 1.11 bits per heavy atom. The van der Waals surface area contributed by atoms with Gasteiger partial charge in [-0.05, 0) is 45.8 Å². The van der Waals surface area contributed by atoms with Crippen molar-refractivity contribution in [3.05, 3.63) is 61.8 Å². The van der Waals surface area contributed by atoms with E-state index in [0.717, 1.165) is 37.2 Å². The molecule has 1 aromatic heterocycles. The van der Waals surface area contributed by atoms with Gasteiger partial charge in [-0.25, -0.2) is 4.98 Å². The number of hydrogen-bond donors (Lipinski definition) is 1. The summed E-state index contributed by atoms with van der Waals surface area (Å²) < 4.78 is 2.00. The quantitative estimate of drug-likeness (QED) is 0.619. The molecule has 0 atom stereocenters. The average Bonchev–Trinajstić information content (AvgIpc) is 2.75. The summed E-state index contributed by atoms with van der Waals surface area (Å²) in [5, 5.41) is 0.750. The zero-order valence-electron chi connectivity index (χ0n) is 9.75. The van der Waals surface area contributed by atoms with Crippen LogP contribution in [0.15, 0.2) is 45.3 Å². The van der Waals surface area contributed by atoms with Crippen molar-refractivity contribution in [3.63, 3.8) is 0 Å². The third kappa shape index (κ3) is 2.86. The Morgan fingerprint density at radius 3 is 2.58 bits per heavy atom. The number of halogens is 3. The van der Waals surface area contributed by atoms with Gasteiger partial charge in [0.1, 0.15) is 11.3 Å². The lowest BCUT2D eigenvalue weighted by Crippen LogP contribution is -1.89. The highest BCUT2D eigenvalue weighted by Gasteiger charge is 2.08. The Hall–Kier alpha value is -0.840. The standard InChI is InChI=1S/C14H9Br2ClN2/c15-9-6-11(16)14-12(7-9)18-13(19-14)5-8-1-3-10(17)4-2-8/h1-4,6-7H,5H2,(H,18,19). The van der Waals surface area contributed by atoms with Crippen molar-refractivity contribution in [1.82, 2.24) is 9.97 Å². The van der Waals surface area contributed by atoms with E-state index in [4.69, 9.17) is 11.6 Å². The molecule has 3 aromatic rings. The number of nitrogens with one attached hydrogen (secondary N) is 1. The highest BCUT2D eigenvalue weighted by Crippen LogP contribution is 2.27. The summed E-state index contributed by atoms with van der Waals surface area (Å²) in [6.07, 6.45) is 0.760. The Bertz CT molecular complexity index is 735. The van der Waals surface area contributed by atoms with E-state index in [2.05, 4.69) is 41.8 Å². The zero-order chi connectivity index (χ0) is 13.4. The van der Waals surface area contributed by atoms with E-state index in [0.29, 0.717) is 0 Å². The molecule has 0 amide bonds. The van der Waals surface area contributed by atoms with Crippen LogP contribution >= 0.6 is 43.5 Å². The molecule has 5 heteroatoms. The molecule has 19 heavy (non-hydrogen) atoms. The maximum absolute atomic E-state index is 5.88. The molecule has 0 bridgehead atoms. The second-order valence-electron chi connectivity index (χ2n) is 4.27. The third-order valence-corrected chi connectivity index (χ3v) is 4.15. The fourth-order valence-corrected chi connectivity index (χ4v) is 3.41. The zero-order valence-corrected chi connectivity index (χ0v) is 13.7. The normalized spacial score (nSPS) is 11.1. The maximum Gasteiger partial charge on any atom is 0.111 e. The van der Waals surface area contributed by atoms with Crippen molar-refractivity contribution in [2.75, 3.05) is 0 Å². The first kappa shape index (κ1) is 13.2. The highest BCUT2D eigenvalue weighted by molar-refractivity contribution is 9.11. The van der Waals surface area contributed by atoms with Gasteiger partial charge < -0.3 is 4.98 Å². The number of nitrogens with zero attached hydrogens (tertiary/aromatic N) is 1. The minimum absolute atomic E-state index is 0.750. The highest BCUT2D eigenvalue weighted by atomic mass is 79.9. The van der Waals surface area contributed by atoms with Gasteiger partial charge in [0.05, 0.1) is 5.52 Å². The number of H-pyrrole nitrogens is 1. The van der Waals surface area contributed by atoms with Crippen LogP contribution in [0.2, 0.25) is 5.02 Å². The molecule has 0 aliphatic heterocycles. The van der Waals surface area contributed by atoms with E-state index in [-0.39, 0.29) is 0 Å². The molecule has 1 N–H and O–H groups in total. The molecule has 0 fully saturated rings. The van der Waals surface area contributed by atoms with Gasteiger partial charge in [0, 0.05) is 20.4 Å². The van der Waals surface area contributed by atoms with E-state index in [9.17, 15) is 0 Å². The van der Waals surface area contributed by atoms with Gasteiger partial charge in [-0.2, -0.15) is 0 Å². The summed E-state index contributed by atoms with van der Waals surface area (Å²) in [5.41, 5.74) is 3.15. The summed E-state index contributed by atoms with van der Waals surface area (Å²) in [5.74, 6) is 0.941. The molecule has 3 rings (SSSR count). The van der Waals surface area contributed by atoms with Gasteiger partial charge >= 0.3 is 0 Å². The summed E-state index contributed by atoms with van der Waals surface area (Å²) >= 11 is 12.9. The third-order valence-electron chi connectivity index (χ3n) is 2.84. The van der Waals surface area contributed by atoms with Crippen LogP contribution in [0.1, 0.15) is 11.4 Å². The predicted molar refractivity (Wildman–Crippen MR) is 85.8 cm³/mol. The molecule has 0 aliphatic rings. The van der Waals surface area contributed by atoms with Crippen LogP contribution in [0.4, 0.5) is 0 Å². The summed E-state index contributed by atoms with van der Waals surface area (Å²) in [6, 6.07) is 11.8. The Balaban J connectivity index is 1.97. The maximum atomic E-state index is 5.88. The van der Waals surface area contributed by atoms with Gasteiger partial charge in [0.15, 0.2) is 0 Å². The van der Waals surface area contributed by atoms with Crippen molar-refractivity contribution in [2.24, 2.45) is 0 Å². The topological polar surface area (TPSA) is 28.7 Å². The number of benzene rings is 2. The summed E-state index contributed by atoms with van der Waals surface area (Å²) in [7, 11) is 0. The van der Waals surface area contributed by atoms with Crippen LogP contribution in [0, 0.1) is 0 Å². The van der Waals surface area contributed by atoms with Gasteiger partial charge in [-0.15, -0.1) is 0 Å². The van der Waals surface area contributed by atoms with Gasteiger partial charge in [-0.3, -0.25) is 0 Å². The van der Waals surface area contributed by atoms with E-state index >= 15 is 0 Å². The van der Waals surface area contributed by atoms with Crippen LogP contribution in [0.25, 0.3) is 11.0 Å². The van der Waals surface area contributed by atoms with Crippen molar-refractivity contribution < 1.29 is 0 Å². The lowest BCUT2D eigenvalue weighted by molar-refractivity contribution is 1.04. The van der Waals surface area contributed by atoms with Gasteiger partial charge in [0.2, 0.25) is 0 Å². The Morgan fingerprint density at radius 2 is 1.84 bits per heavy atom.